The van der Waals surface area contributed by atoms with E-state index >= 15 is 0 Å². The summed E-state index contributed by atoms with van der Waals surface area (Å²) in [4.78, 5) is 31.0. The summed E-state index contributed by atoms with van der Waals surface area (Å²) in [6.07, 6.45) is 0.759. The summed E-state index contributed by atoms with van der Waals surface area (Å²) < 4.78 is 3.55. The molecule has 0 N–H and O–H groups in total. The van der Waals surface area contributed by atoms with Crippen LogP contribution in [-0.2, 0) is 17.8 Å². The highest BCUT2D eigenvalue weighted by Crippen LogP contribution is 2.23. The Morgan fingerprint density at radius 3 is 2.45 bits per heavy atom. The minimum Gasteiger partial charge on any atom is -0.368 e. The number of amides is 1. The van der Waals surface area contributed by atoms with E-state index < -0.39 is 0 Å². The van der Waals surface area contributed by atoms with Gasteiger partial charge in [0.25, 0.3) is 5.56 Å². The molecule has 2 aromatic heterocycles. The molecule has 1 amide bonds. The fraction of sp³-hybridized carbons (Fsp3) is 0.290. The Balaban J connectivity index is 1.22. The average Bonchev–Trinajstić information content (AvgIpc) is 3.40. The van der Waals surface area contributed by atoms with Gasteiger partial charge in [-0.25, -0.2) is 0 Å². The van der Waals surface area contributed by atoms with Crippen LogP contribution < -0.4 is 10.5 Å². The number of aromatic nitrogens is 4. The Hall–Kier alpha value is -4.17. The van der Waals surface area contributed by atoms with Crippen LogP contribution >= 0.6 is 11.6 Å². The molecule has 0 saturated carbocycles. The van der Waals surface area contributed by atoms with Gasteiger partial charge >= 0.3 is 0 Å². The Bertz CT molecular complexity index is 1770. The fourth-order valence-corrected chi connectivity index (χ4v) is 5.65. The maximum Gasteiger partial charge on any atom is 0.263 e. The van der Waals surface area contributed by atoms with Crippen LogP contribution in [0.1, 0.15) is 28.9 Å². The second-order valence-electron chi connectivity index (χ2n) is 10.4. The molecule has 1 saturated heterocycles. The molecule has 3 aromatic carbocycles. The molecule has 3 heterocycles. The number of para-hydroxylation sites is 1. The first-order valence-electron chi connectivity index (χ1n) is 13.6. The van der Waals surface area contributed by atoms with Crippen molar-refractivity contribution >= 4 is 39.9 Å². The lowest BCUT2D eigenvalue weighted by molar-refractivity contribution is -0.131. The van der Waals surface area contributed by atoms with Crippen molar-refractivity contribution in [1.29, 1.82) is 0 Å². The minimum atomic E-state index is -0.130. The van der Waals surface area contributed by atoms with Gasteiger partial charge in [-0.1, -0.05) is 48.0 Å². The molecule has 40 heavy (non-hydrogen) atoms. The highest BCUT2D eigenvalue weighted by molar-refractivity contribution is 6.30. The molecule has 5 aromatic rings. The SMILES string of the molecule is Cc1ccc(C)c(N2CCN(C(=O)CCc3nnc4n(Cc5ccc(Cl)cc5)c(=O)c5ccccc5n34)CC2)c1. The smallest absolute Gasteiger partial charge is 0.263 e. The van der Waals surface area contributed by atoms with Gasteiger partial charge in [-0.3, -0.25) is 18.6 Å². The van der Waals surface area contributed by atoms with Gasteiger partial charge in [0.05, 0.1) is 17.4 Å². The van der Waals surface area contributed by atoms with Gasteiger partial charge in [0.2, 0.25) is 11.7 Å². The van der Waals surface area contributed by atoms with Crippen LogP contribution in [0.25, 0.3) is 16.7 Å². The number of hydrogen-bond acceptors (Lipinski definition) is 5. The maximum absolute atomic E-state index is 13.5. The quantitative estimate of drug-likeness (QED) is 0.305. The normalized spacial score (nSPS) is 13.9. The average molecular weight is 555 g/mol. The molecule has 204 valence electrons. The van der Waals surface area contributed by atoms with E-state index in [0.29, 0.717) is 54.5 Å². The number of carbonyl (C=O) groups is 1. The van der Waals surface area contributed by atoms with E-state index in [9.17, 15) is 9.59 Å². The summed E-state index contributed by atoms with van der Waals surface area (Å²) in [5.74, 6) is 1.23. The van der Waals surface area contributed by atoms with Gasteiger partial charge in [0.1, 0.15) is 5.82 Å². The van der Waals surface area contributed by atoms with Crippen molar-refractivity contribution in [2.24, 2.45) is 0 Å². The highest BCUT2D eigenvalue weighted by atomic mass is 35.5. The van der Waals surface area contributed by atoms with E-state index in [1.54, 1.807) is 4.57 Å². The molecule has 1 fully saturated rings. The zero-order valence-corrected chi connectivity index (χ0v) is 23.4. The number of fused-ring (bicyclic) bond motifs is 3. The summed E-state index contributed by atoms with van der Waals surface area (Å²) in [5, 5.41) is 10.1. The molecule has 6 rings (SSSR count). The molecule has 0 radical (unpaired) electrons. The van der Waals surface area contributed by atoms with Crippen LogP contribution in [0.3, 0.4) is 0 Å². The van der Waals surface area contributed by atoms with Gasteiger partial charge < -0.3 is 9.80 Å². The summed E-state index contributed by atoms with van der Waals surface area (Å²) in [6, 6.07) is 21.4. The molecule has 0 spiro atoms. The van der Waals surface area contributed by atoms with Gasteiger partial charge in [-0.15, -0.1) is 10.2 Å². The lowest BCUT2D eigenvalue weighted by Gasteiger charge is -2.37. The van der Waals surface area contributed by atoms with Gasteiger partial charge in [-0.2, -0.15) is 0 Å². The van der Waals surface area contributed by atoms with Crippen LogP contribution in [0.2, 0.25) is 5.02 Å². The second-order valence-corrected chi connectivity index (χ2v) is 10.9. The Morgan fingerprint density at radius 2 is 1.68 bits per heavy atom. The minimum absolute atomic E-state index is 0.108. The molecule has 0 bridgehead atoms. The number of anilines is 1. The lowest BCUT2D eigenvalue weighted by Crippen LogP contribution is -2.49. The molecule has 9 heteroatoms. The number of carbonyl (C=O) groups excluding carboxylic acids is 1. The number of aryl methyl sites for hydroxylation is 3. The Labute approximate surface area is 237 Å². The third-order valence-corrected chi connectivity index (χ3v) is 7.98. The molecule has 0 aliphatic carbocycles. The van der Waals surface area contributed by atoms with Crippen LogP contribution in [0, 0.1) is 13.8 Å². The summed E-state index contributed by atoms with van der Waals surface area (Å²) in [6.45, 7) is 7.58. The summed E-state index contributed by atoms with van der Waals surface area (Å²) in [5.41, 5.74) is 5.29. The molecule has 1 aliphatic heterocycles. The Kier molecular flexibility index (Phi) is 7.02. The molecule has 0 atom stereocenters. The number of piperazine rings is 1. The molecular formula is C31H31ClN6O2. The monoisotopic (exact) mass is 554 g/mol. The van der Waals surface area contributed by atoms with E-state index in [4.69, 9.17) is 11.6 Å². The fourth-order valence-electron chi connectivity index (χ4n) is 5.52. The standard InChI is InChI=1S/C31H31ClN6O2/c1-21-7-8-22(2)27(19-21)35-15-17-36(18-16-35)29(39)14-13-28-33-34-31-37(20-23-9-11-24(32)12-10-23)30(40)25-5-3-4-6-26(25)38(28)31/h3-12,19H,13-18,20H2,1-2H3. The molecule has 8 nitrogen and oxygen atoms in total. The van der Waals surface area contributed by atoms with E-state index in [1.807, 2.05) is 57.8 Å². The first kappa shape index (κ1) is 26.1. The van der Waals surface area contributed by atoms with Crippen molar-refractivity contribution in [3.8, 4) is 0 Å². The number of benzene rings is 3. The van der Waals surface area contributed by atoms with Gasteiger partial charge in [0, 0.05) is 49.7 Å². The third kappa shape index (κ3) is 4.95. The topological polar surface area (TPSA) is 75.7 Å². The largest absolute Gasteiger partial charge is 0.368 e. The third-order valence-electron chi connectivity index (χ3n) is 7.73. The first-order chi connectivity index (χ1) is 19.4. The van der Waals surface area contributed by atoms with Crippen LogP contribution in [-0.4, -0.2) is 56.2 Å². The summed E-state index contributed by atoms with van der Waals surface area (Å²) in [7, 11) is 0. The maximum atomic E-state index is 13.5. The van der Waals surface area contributed by atoms with E-state index in [-0.39, 0.29) is 11.5 Å². The van der Waals surface area contributed by atoms with E-state index in [0.717, 1.165) is 24.2 Å². The van der Waals surface area contributed by atoms with Gasteiger partial charge in [-0.05, 0) is 60.9 Å². The lowest BCUT2D eigenvalue weighted by atomic mass is 10.1. The van der Waals surface area contributed by atoms with Crippen molar-refractivity contribution in [2.45, 2.75) is 33.2 Å². The van der Waals surface area contributed by atoms with Crippen molar-refractivity contribution in [1.82, 2.24) is 24.1 Å². The number of halogens is 1. The number of nitrogens with zero attached hydrogens (tertiary/aromatic N) is 6. The summed E-state index contributed by atoms with van der Waals surface area (Å²) >= 11 is 6.06. The number of hydrogen-bond donors (Lipinski definition) is 0. The zero-order chi connectivity index (χ0) is 27.8. The predicted octanol–water partition coefficient (Wildman–Crippen LogP) is 4.64. The van der Waals surface area contributed by atoms with Crippen molar-refractivity contribution in [3.63, 3.8) is 0 Å². The van der Waals surface area contributed by atoms with E-state index in [2.05, 4.69) is 47.1 Å². The van der Waals surface area contributed by atoms with Crippen LogP contribution in [0.5, 0.6) is 0 Å². The predicted molar refractivity (Wildman–Crippen MR) is 158 cm³/mol. The van der Waals surface area contributed by atoms with Crippen molar-refractivity contribution < 1.29 is 4.79 Å². The Morgan fingerprint density at radius 1 is 0.925 bits per heavy atom. The van der Waals surface area contributed by atoms with Crippen LogP contribution in [0.4, 0.5) is 5.69 Å². The van der Waals surface area contributed by atoms with E-state index in [1.165, 1.54) is 16.8 Å². The molecule has 0 unspecified atom stereocenters. The molecule has 1 aliphatic rings. The van der Waals surface area contributed by atoms with Gasteiger partial charge in [0.15, 0.2) is 0 Å². The van der Waals surface area contributed by atoms with Crippen molar-refractivity contribution in [3.05, 3.63) is 105 Å². The second kappa shape index (κ2) is 10.8. The highest BCUT2D eigenvalue weighted by Gasteiger charge is 2.23. The zero-order valence-electron chi connectivity index (χ0n) is 22.7. The van der Waals surface area contributed by atoms with Crippen molar-refractivity contribution in [2.75, 3.05) is 31.1 Å². The molecular weight excluding hydrogens is 524 g/mol. The number of rotatable bonds is 6. The van der Waals surface area contributed by atoms with Crippen LogP contribution in [0.15, 0.2) is 71.5 Å². The first-order valence-corrected chi connectivity index (χ1v) is 14.0.